The number of hydrogen-bond acceptors (Lipinski definition) is 5. The van der Waals surface area contributed by atoms with Gasteiger partial charge in [0.15, 0.2) is 0 Å². The van der Waals surface area contributed by atoms with Gasteiger partial charge in [-0.3, -0.25) is 14.5 Å². The van der Waals surface area contributed by atoms with E-state index in [9.17, 15) is 9.59 Å². The fourth-order valence-electron chi connectivity index (χ4n) is 3.97. The first-order chi connectivity index (χ1) is 12.2. The lowest BCUT2D eigenvalue weighted by molar-refractivity contribution is -0.133. The van der Waals surface area contributed by atoms with Crippen LogP contribution in [0.4, 0.5) is 0 Å². The molecule has 2 aliphatic heterocycles. The van der Waals surface area contributed by atoms with Crippen molar-refractivity contribution in [2.75, 3.05) is 50.8 Å². The molecule has 1 unspecified atom stereocenters. The zero-order chi connectivity index (χ0) is 17.5. The van der Waals surface area contributed by atoms with E-state index in [4.69, 9.17) is 0 Å². The van der Waals surface area contributed by atoms with Gasteiger partial charge in [0, 0.05) is 62.7 Å². The van der Waals surface area contributed by atoms with Crippen LogP contribution in [0.15, 0.2) is 0 Å². The summed E-state index contributed by atoms with van der Waals surface area (Å²) in [5.41, 5.74) is 0. The molecule has 0 aromatic carbocycles. The Balaban J connectivity index is 0.00000182. The van der Waals surface area contributed by atoms with Crippen molar-refractivity contribution in [3.8, 4) is 0 Å². The Hall–Kier alpha value is -0.210. The van der Waals surface area contributed by atoms with Gasteiger partial charge in [0.1, 0.15) is 0 Å². The zero-order valence-electron chi connectivity index (χ0n) is 16.0. The van der Waals surface area contributed by atoms with E-state index in [1.807, 2.05) is 16.7 Å². The minimum atomic E-state index is 0. The number of halogens is 2. The Bertz CT molecular complexity index is 453. The van der Waals surface area contributed by atoms with Crippen molar-refractivity contribution in [3.63, 3.8) is 0 Å². The number of thioether (sulfide) groups is 1. The number of rotatable bonds is 5. The quantitative estimate of drug-likeness (QED) is 0.678. The summed E-state index contributed by atoms with van der Waals surface area (Å²) in [7, 11) is 0. The van der Waals surface area contributed by atoms with Crippen LogP contribution in [0.1, 0.15) is 38.5 Å². The normalized spacial score (nSPS) is 24.4. The molecule has 3 aliphatic rings. The molecule has 1 atom stereocenters. The second-order valence-corrected chi connectivity index (χ2v) is 8.64. The summed E-state index contributed by atoms with van der Waals surface area (Å²) in [5, 5.41) is 6.61. The van der Waals surface area contributed by atoms with E-state index in [1.165, 1.54) is 19.3 Å². The Kier molecular flexibility index (Phi) is 12.0. The van der Waals surface area contributed by atoms with Gasteiger partial charge in [-0.1, -0.05) is 19.3 Å². The summed E-state index contributed by atoms with van der Waals surface area (Å²) in [5.74, 6) is 2.58. The third kappa shape index (κ3) is 8.36. The predicted octanol–water partition coefficient (Wildman–Crippen LogP) is 1.52. The van der Waals surface area contributed by atoms with Crippen molar-refractivity contribution in [2.45, 2.75) is 50.6 Å². The maximum atomic E-state index is 12.4. The highest BCUT2D eigenvalue weighted by Crippen LogP contribution is 2.17. The molecule has 0 bridgehead atoms. The van der Waals surface area contributed by atoms with Crippen LogP contribution in [0.3, 0.4) is 0 Å². The van der Waals surface area contributed by atoms with Crippen molar-refractivity contribution < 1.29 is 9.59 Å². The molecule has 27 heavy (non-hydrogen) atoms. The molecule has 2 N–H and O–H groups in total. The van der Waals surface area contributed by atoms with E-state index in [2.05, 4.69) is 15.5 Å². The molecule has 0 radical (unpaired) electrons. The highest BCUT2D eigenvalue weighted by Gasteiger charge is 2.25. The molecule has 2 saturated heterocycles. The lowest BCUT2D eigenvalue weighted by atomic mass is 9.95. The van der Waals surface area contributed by atoms with Crippen LogP contribution in [0, 0.1) is 0 Å². The van der Waals surface area contributed by atoms with Crippen LogP contribution in [0.25, 0.3) is 0 Å². The molecule has 1 saturated carbocycles. The maximum Gasteiger partial charge on any atom is 0.234 e. The molecule has 3 fully saturated rings. The molecule has 3 rings (SSSR count). The number of carbonyl (C=O) groups is 2. The van der Waals surface area contributed by atoms with Crippen LogP contribution in [0.2, 0.25) is 0 Å². The average molecular weight is 441 g/mol. The predicted molar refractivity (Wildman–Crippen MR) is 116 cm³/mol. The van der Waals surface area contributed by atoms with Gasteiger partial charge in [0.2, 0.25) is 11.8 Å². The molecule has 2 heterocycles. The lowest BCUT2D eigenvalue weighted by Crippen LogP contribution is -2.53. The van der Waals surface area contributed by atoms with E-state index >= 15 is 0 Å². The zero-order valence-corrected chi connectivity index (χ0v) is 18.4. The fraction of sp³-hybridized carbons (Fsp3) is 0.889. The number of nitrogens with one attached hydrogen (secondary N) is 2. The monoisotopic (exact) mass is 440 g/mol. The van der Waals surface area contributed by atoms with Gasteiger partial charge in [-0.15, -0.1) is 24.8 Å². The number of piperazine rings is 1. The van der Waals surface area contributed by atoms with Gasteiger partial charge in [0.05, 0.1) is 6.54 Å². The topological polar surface area (TPSA) is 64.7 Å². The van der Waals surface area contributed by atoms with E-state index in [0.717, 1.165) is 57.1 Å². The van der Waals surface area contributed by atoms with Gasteiger partial charge in [-0.25, -0.2) is 0 Å². The van der Waals surface area contributed by atoms with Gasteiger partial charge >= 0.3 is 0 Å². The van der Waals surface area contributed by atoms with E-state index in [0.29, 0.717) is 25.0 Å². The van der Waals surface area contributed by atoms with Crippen LogP contribution in [-0.4, -0.2) is 84.5 Å². The second-order valence-electron chi connectivity index (χ2n) is 7.49. The first-order valence-corrected chi connectivity index (χ1v) is 11.0. The molecule has 0 spiro atoms. The van der Waals surface area contributed by atoms with E-state index in [-0.39, 0.29) is 36.6 Å². The maximum absolute atomic E-state index is 12.4. The molecule has 0 aromatic heterocycles. The van der Waals surface area contributed by atoms with Crippen LogP contribution >= 0.6 is 36.6 Å². The van der Waals surface area contributed by atoms with Gasteiger partial charge in [0.25, 0.3) is 0 Å². The SMILES string of the molecule is Cl.Cl.O=C(CN1CCN(C(=O)CC2CSCCN2)CC1)NC1CCCCC1. The van der Waals surface area contributed by atoms with Crippen molar-refractivity contribution in [2.24, 2.45) is 0 Å². The van der Waals surface area contributed by atoms with Gasteiger partial charge in [-0.2, -0.15) is 11.8 Å². The fourth-order valence-corrected chi connectivity index (χ4v) is 4.92. The van der Waals surface area contributed by atoms with Crippen LogP contribution < -0.4 is 10.6 Å². The second kappa shape index (κ2) is 13.1. The third-order valence-corrected chi connectivity index (χ3v) is 6.61. The van der Waals surface area contributed by atoms with Gasteiger partial charge in [-0.05, 0) is 12.8 Å². The van der Waals surface area contributed by atoms with Crippen LogP contribution in [-0.2, 0) is 9.59 Å². The highest BCUT2D eigenvalue weighted by atomic mass is 35.5. The number of amides is 2. The van der Waals surface area contributed by atoms with Gasteiger partial charge < -0.3 is 15.5 Å². The average Bonchev–Trinajstić information content (AvgIpc) is 2.64. The third-order valence-electron chi connectivity index (χ3n) is 5.48. The summed E-state index contributed by atoms with van der Waals surface area (Å²) in [6.45, 7) is 4.57. The van der Waals surface area contributed by atoms with E-state index < -0.39 is 0 Å². The van der Waals surface area contributed by atoms with E-state index in [1.54, 1.807) is 0 Å². The first kappa shape index (κ1) is 24.8. The van der Waals surface area contributed by atoms with Crippen molar-refractivity contribution in [1.82, 2.24) is 20.4 Å². The summed E-state index contributed by atoms with van der Waals surface area (Å²) in [6, 6.07) is 0.704. The summed E-state index contributed by atoms with van der Waals surface area (Å²) in [6.07, 6.45) is 6.63. The minimum absolute atomic E-state index is 0. The molecular weight excluding hydrogens is 407 g/mol. The Labute approximate surface area is 179 Å². The summed E-state index contributed by atoms with van der Waals surface area (Å²) >= 11 is 1.93. The van der Waals surface area contributed by atoms with Crippen molar-refractivity contribution in [3.05, 3.63) is 0 Å². The Morgan fingerprint density at radius 1 is 1.04 bits per heavy atom. The first-order valence-electron chi connectivity index (χ1n) is 9.81. The molecule has 9 heteroatoms. The largest absolute Gasteiger partial charge is 0.352 e. The Morgan fingerprint density at radius 2 is 1.74 bits per heavy atom. The molecule has 6 nitrogen and oxygen atoms in total. The molecule has 1 aliphatic carbocycles. The highest BCUT2D eigenvalue weighted by molar-refractivity contribution is 7.99. The number of nitrogens with zero attached hydrogens (tertiary/aromatic N) is 2. The summed E-state index contributed by atoms with van der Waals surface area (Å²) in [4.78, 5) is 28.8. The summed E-state index contributed by atoms with van der Waals surface area (Å²) < 4.78 is 0. The molecule has 2 amide bonds. The Morgan fingerprint density at radius 3 is 2.37 bits per heavy atom. The number of carbonyl (C=O) groups excluding carboxylic acids is 2. The molecule has 0 aromatic rings. The minimum Gasteiger partial charge on any atom is -0.352 e. The van der Waals surface area contributed by atoms with Crippen molar-refractivity contribution >= 4 is 48.4 Å². The van der Waals surface area contributed by atoms with Crippen molar-refractivity contribution in [1.29, 1.82) is 0 Å². The lowest BCUT2D eigenvalue weighted by Gasteiger charge is -2.35. The standard InChI is InChI=1S/C18H32N4O2S.2ClH/c23-17(20-15-4-2-1-3-5-15)13-21-7-9-22(10-8-21)18(24)12-16-14-25-11-6-19-16;;/h15-16,19H,1-14H2,(H,20,23);2*1H. The van der Waals surface area contributed by atoms with Crippen LogP contribution in [0.5, 0.6) is 0 Å². The molecular formula is C18H34Cl2N4O2S. The number of hydrogen-bond donors (Lipinski definition) is 2. The smallest absolute Gasteiger partial charge is 0.234 e. The molecule has 158 valence electrons.